The normalized spacial score (nSPS) is 12.2. The number of carbonyl (C=O) groups excluding carboxylic acids is 1. The monoisotopic (exact) mass is 373 g/mol. The van der Waals surface area contributed by atoms with E-state index >= 15 is 0 Å². The third-order valence-corrected chi connectivity index (χ3v) is 5.18. The number of nitrogens with one attached hydrogen (secondary N) is 2. The minimum Gasteiger partial charge on any atom is -0.346 e. The van der Waals surface area contributed by atoms with Crippen LogP contribution in [0.25, 0.3) is 11.0 Å². The standard InChI is InChI=1S/C19H20ClN3OS/c1-13(19-22-16-5-2-3-6-17(16)23-19)21-18(24)7-4-12-25-15-10-8-14(20)9-11-15/h2-3,5-6,8-11,13H,4,7,12H2,1H3,(H,21,24)(H,22,23)/t13-/m0/s1. The maximum absolute atomic E-state index is 12.1. The van der Waals surface area contributed by atoms with E-state index in [0.717, 1.165) is 34.1 Å². The van der Waals surface area contributed by atoms with Crippen molar-refractivity contribution in [1.82, 2.24) is 15.3 Å². The number of imidazole rings is 1. The highest BCUT2D eigenvalue weighted by Gasteiger charge is 2.13. The second-order valence-corrected chi connectivity index (χ2v) is 7.44. The topological polar surface area (TPSA) is 57.8 Å². The summed E-state index contributed by atoms with van der Waals surface area (Å²) in [4.78, 5) is 21.1. The van der Waals surface area contributed by atoms with E-state index in [4.69, 9.17) is 11.6 Å². The lowest BCUT2D eigenvalue weighted by Crippen LogP contribution is -2.27. The Balaban J connectivity index is 1.43. The Labute approximate surface area is 156 Å². The van der Waals surface area contributed by atoms with Crippen LogP contribution in [0.5, 0.6) is 0 Å². The summed E-state index contributed by atoms with van der Waals surface area (Å²) in [5.41, 5.74) is 1.90. The van der Waals surface area contributed by atoms with Crippen molar-refractivity contribution in [2.75, 3.05) is 5.75 Å². The fourth-order valence-electron chi connectivity index (χ4n) is 2.51. The SMILES string of the molecule is C[C@H](NC(=O)CCCSc1ccc(Cl)cc1)c1nc2ccccc2[nH]1. The average molecular weight is 374 g/mol. The van der Waals surface area contributed by atoms with Crippen LogP contribution in [0.2, 0.25) is 5.02 Å². The van der Waals surface area contributed by atoms with Crippen molar-refractivity contribution >= 4 is 40.3 Å². The summed E-state index contributed by atoms with van der Waals surface area (Å²) in [5, 5.41) is 3.74. The van der Waals surface area contributed by atoms with E-state index in [0.29, 0.717) is 6.42 Å². The fraction of sp³-hybridized carbons (Fsp3) is 0.263. The Morgan fingerprint density at radius 1 is 1.24 bits per heavy atom. The number of aromatic amines is 1. The molecule has 0 saturated carbocycles. The molecule has 0 aliphatic heterocycles. The summed E-state index contributed by atoms with van der Waals surface area (Å²) < 4.78 is 0. The molecule has 130 valence electrons. The molecule has 1 heterocycles. The van der Waals surface area contributed by atoms with Crippen molar-refractivity contribution in [1.29, 1.82) is 0 Å². The Bertz CT molecular complexity index is 814. The number of thioether (sulfide) groups is 1. The van der Waals surface area contributed by atoms with Gasteiger partial charge >= 0.3 is 0 Å². The third kappa shape index (κ3) is 5.00. The van der Waals surface area contributed by atoms with Crippen LogP contribution in [0.4, 0.5) is 0 Å². The van der Waals surface area contributed by atoms with E-state index in [9.17, 15) is 4.79 Å². The van der Waals surface area contributed by atoms with Gasteiger partial charge in [-0.2, -0.15) is 0 Å². The summed E-state index contributed by atoms with van der Waals surface area (Å²) in [6, 6.07) is 15.5. The van der Waals surface area contributed by atoms with Gasteiger partial charge in [-0.15, -0.1) is 11.8 Å². The van der Waals surface area contributed by atoms with E-state index in [1.54, 1.807) is 11.8 Å². The molecule has 3 rings (SSSR count). The quantitative estimate of drug-likeness (QED) is 0.454. The molecule has 0 aliphatic rings. The van der Waals surface area contributed by atoms with E-state index < -0.39 is 0 Å². The lowest BCUT2D eigenvalue weighted by molar-refractivity contribution is -0.121. The highest BCUT2D eigenvalue weighted by molar-refractivity contribution is 7.99. The first kappa shape index (κ1) is 17.8. The Hall–Kier alpha value is -1.98. The molecule has 6 heteroatoms. The number of halogens is 1. The molecule has 0 saturated heterocycles. The molecular formula is C19H20ClN3OS. The Morgan fingerprint density at radius 3 is 2.76 bits per heavy atom. The zero-order valence-corrected chi connectivity index (χ0v) is 15.5. The number of amides is 1. The van der Waals surface area contributed by atoms with E-state index in [2.05, 4.69) is 15.3 Å². The van der Waals surface area contributed by atoms with Crippen LogP contribution in [0.3, 0.4) is 0 Å². The van der Waals surface area contributed by atoms with E-state index in [-0.39, 0.29) is 11.9 Å². The molecule has 3 aromatic rings. The summed E-state index contributed by atoms with van der Waals surface area (Å²) in [6.45, 7) is 1.94. The highest BCUT2D eigenvalue weighted by Crippen LogP contribution is 2.21. The number of hydrogen-bond acceptors (Lipinski definition) is 3. The van der Waals surface area contributed by atoms with Crippen LogP contribution < -0.4 is 5.32 Å². The number of nitrogens with zero attached hydrogens (tertiary/aromatic N) is 1. The second-order valence-electron chi connectivity index (χ2n) is 5.83. The minimum atomic E-state index is -0.135. The van der Waals surface area contributed by atoms with Crippen molar-refractivity contribution in [2.24, 2.45) is 0 Å². The molecule has 0 bridgehead atoms. The van der Waals surface area contributed by atoms with E-state index in [1.807, 2.05) is 55.5 Å². The summed E-state index contributed by atoms with van der Waals surface area (Å²) >= 11 is 7.60. The number of fused-ring (bicyclic) bond motifs is 1. The van der Waals surface area contributed by atoms with Gasteiger partial charge in [-0.05, 0) is 55.5 Å². The molecule has 1 atom stereocenters. The average Bonchev–Trinajstić information content (AvgIpc) is 3.04. The number of para-hydroxylation sites is 2. The van der Waals surface area contributed by atoms with Crippen LogP contribution in [-0.2, 0) is 4.79 Å². The number of hydrogen-bond donors (Lipinski definition) is 2. The lowest BCUT2D eigenvalue weighted by atomic mass is 10.2. The molecule has 25 heavy (non-hydrogen) atoms. The van der Waals surface area contributed by atoms with Crippen molar-refractivity contribution in [3.63, 3.8) is 0 Å². The molecule has 4 nitrogen and oxygen atoms in total. The number of carbonyl (C=O) groups is 1. The number of rotatable bonds is 7. The molecule has 0 spiro atoms. The minimum absolute atomic E-state index is 0.0460. The van der Waals surface area contributed by atoms with Gasteiger partial charge < -0.3 is 10.3 Å². The van der Waals surface area contributed by atoms with Crippen molar-refractivity contribution in [3.05, 3.63) is 59.4 Å². The van der Waals surface area contributed by atoms with Gasteiger partial charge in [0.2, 0.25) is 5.91 Å². The largest absolute Gasteiger partial charge is 0.346 e. The summed E-state index contributed by atoms with van der Waals surface area (Å²) in [7, 11) is 0. The Morgan fingerprint density at radius 2 is 2.00 bits per heavy atom. The third-order valence-electron chi connectivity index (χ3n) is 3.83. The van der Waals surface area contributed by atoms with Crippen LogP contribution in [-0.4, -0.2) is 21.6 Å². The van der Waals surface area contributed by atoms with Crippen molar-refractivity contribution in [2.45, 2.75) is 30.7 Å². The van der Waals surface area contributed by atoms with Crippen LogP contribution in [0.15, 0.2) is 53.4 Å². The molecule has 0 aliphatic carbocycles. The van der Waals surface area contributed by atoms with Gasteiger partial charge in [0.1, 0.15) is 5.82 Å². The van der Waals surface area contributed by atoms with Crippen molar-refractivity contribution < 1.29 is 4.79 Å². The molecular weight excluding hydrogens is 354 g/mol. The van der Waals surface area contributed by atoms with Crippen LogP contribution in [0, 0.1) is 0 Å². The first-order valence-corrected chi connectivity index (χ1v) is 9.60. The van der Waals surface area contributed by atoms with Gasteiger partial charge in [0.25, 0.3) is 0 Å². The zero-order chi connectivity index (χ0) is 17.6. The molecule has 0 radical (unpaired) electrons. The Kier molecular flexibility index (Phi) is 6.00. The van der Waals surface area contributed by atoms with Gasteiger partial charge in [0, 0.05) is 16.3 Å². The maximum atomic E-state index is 12.1. The van der Waals surface area contributed by atoms with Crippen molar-refractivity contribution in [3.8, 4) is 0 Å². The van der Waals surface area contributed by atoms with Gasteiger partial charge in [-0.1, -0.05) is 23.7 Å². The van der Waals surface area contributed by atoms with Crippen LogP contribution >= 0.6 is 23.4 Å². The van der Waals surface area contributed by atoms with Gasteiger partial charge in [-0.25, -0.2) is 4.98 Å². The highest BCUT2D eigenvalue weighted by atomic mass is 35.5. The summed E-state index contributed by atoms with van der Waals surface area (Å²) in [6.07, 6.45) is 1.33. The number of aromatic nitrogens is 2. The second kappa shape index (κ2) is 8.41. The lowest BCUT2D eigenvalue weighted by Gasteiger charge is -2.11. The zero-order valence-electron chi connectivity index (χ0n) is 14.0. The molecule has 2 aromatic carbocycles. The molecule has 0 unspecified atom stereocenters. The first-order valence-electron chi connectivity index (χ1n) is 8.24. The molecule has 0 fully saturated rings. The molecule has 2 N–H and O–H groups in total. The van der Waals surface area contributed by atoms with E-state index in [1.165, 1.54) is 4.90 Å². The predicted molar refractivity (Wildman–Crippen MR) is 104 cm³/mol. The number of H-pyrrole nitrogens is 1. The first-order chi connectivity index (χ1) is 12.1. The molecule has 1 amide bonds. The van der Waals surface area contributed by atoms with Crippen LogP contribution in [0.1, 0.15) is 31.6 Å². The molecule has 1 aromatic heterocycles. The van der Waals surface area contributed by atoms with Gasteiger partial charge in [0.05, 0.1) is 17.1 Å². The predicted octanol–water partition coefficient (Wildman–Crippen LogP) is 4.97. The fourth-order valence-corrected chi connectivity index (χ4v) is 3.49. The maximum Gasteiger partial charge on any atom is 0.220 e. The van der Waals surface area contributed by atoms with Gasteiger partial charge in [-0.3, -0.25) is 4.79 Å². The van der Waals surface area contributed by atoms with Gasteiger partial charge in [0.15, 0.2) is 0 Å². The summed E-state index contributed by atoms with van der Waals surface area (Å²) in [5.74, 6) is 1.73. The smallest absolute Gasteiger partial charge is 0.220 e. The number of benzene rings is 2.